The minimum atomic E-state index is 0.492. The van der Waals surface area contributed by atoms with Crippen LogP contribution in [0.5, 0.6) is 0 Å². The van der Waals surface area contributed by atoms with Gasteiger partial charge >= 0.3 is 0 Å². The summed E-state index contributed by atoms with van der Waals surface area (Å²) >= 11 is 0. The summed E-state index contributed by atoms with van der Waals surface area (Å²) in [6, 6.07) is 0.984. The smallest absolute Gasteiger partial charge is 0.244 e. The molecular formula is C13H25N5. The molecular weight excluding hydrogens is 226 g/mol. The standard InChI is InChI=1S/C13H25N5/c1-9(2)5-6-12-15-13(17-16-12)18-7-10(3)14-11(4)8-18/h9-11,14H,5-8H2,1-4H3,(H,15,16,17). The second kappa shape index (κ2) is 5.69. The van der Waals surface area contributed by atoms with Gasteiger partial charge in [-0.25, -0.2) is 0 Å². The van der Waals surface area contributed by atoms with E-state index in [0.717, 1.165) is 37.7 Å². The molecule has 2 heterocycles. The van der Waals surface area contributed by atoms with Crippen LogP contribution in [0.15, 0.2) is 0 Å². The predicted molar refractivity (Wildman–Crippen MR) is 73.8 cm³/mol. The van der Waals surface area contributed by atoms with Gasteiger partial charge in [-0.3, -0.25) is 5.10 Å². The largest absolute Gasteiger partial charge is 0.336 e. The van der Waals surface area contributed by atoms with E-state index in [1.165, 1.54) is 0 Å². The van der Waals surface area contributed by atoms with E-state index in [0.29, 0.717) is 18.0 Å². The van der Waals surface area contributed by atoms with E-state index >= 15 is 0 Å². The lowest BCUT2D eigenvalue weighted by molar-refractivity contribution is 0.403. The van der Waals surface area contributed by atoms with Gasteiger partial charge in [0.2, 0.25) is 5.95 Å². The van der Waals surface area contributed by atoms with Gasteiger partial charge in [0.1, 0.15) is 5.82 Å². The highest BCUT2D eigenvalue weighted by Gasteiger charge is 2.23. The maximum absolute atomic E-state index is 4.61. The van der Waals surface area contributed by atoms with Crippen LogP contribution in [0.3, 0.4) is 0 Å². The number of piperazine rings is 1. The van der Waals surface area contributed by atoms with E-state index in [9.17, 15) is 0 Å². The van der Waals surface area contributed by atoms with Crippen molar-refractivity contribution in [3.05, 3.63) is 5.82 Å². The van der Waals surface area contributed by atoms with Gasteiger partial charge in [0.15, 0.2) is 0 Å². The number of anilines is 1. The highest BCUT2D eigenvalue weighted by atomic mass is 15.4. The highest BCUT2D eigenvalue weighted by Crippen LogP contribution is 2.14. The van der Waals surface area contributed by atoms with Crippen molar-refractivity contribution in [2.75, 3.05) is 18.0 Å². The quantitative estimate of drug-likeness (QED) is 0.853. The molecule has 1 fully saturated rings. The molecule has 102 valence electrons. The Labute approximate surface area is 109 Å². The summed E-state index contributed by atoms with van der Waals surface area (Å²) < 4.78 is 0. The van der Waals surface area contributed by atoms with Crippen LogP contribution in [-0.4, -0.2) is 40.4 Å². The first kappa shape index (κ1) is 13.3. The molecule has 5 nitrogen and oxygen atoms in total. The maximum atomic E-state index is 4.61. The van der Waals surface area contributed by atoms with Gasteiger partial charge in [-0.2, -0.15) is 4.98 Å². The molecule has 1 saturated heterocycles. The molecule has 0 bridgehead atoms. The molecule has 0 amide bonds. The van der Waals surface area contributed by atoms with Crippen LogP contribution in [0.4, 0.5) is 5.95 Å². The predicted octanol–water partition coefficient (Wildman–Crippen LogP) is 1.58. The summed E-state index contributed by atoms with van der Waals surface area (Å²) in [4.78, 5) is 6.87. The molecule has 0 spiro atoms. The van der Waals surface area contributed by atoms with Crippen LogP contribution in [-0.2, 0) is 6.42 Å². The lowest BCUT2D eigenvalue weighted by Crippen LogP contribution is -2.54. The molecule has 1 aliphatic heterocycles. The topological polar surface area (TPSA) is 56.8 Å². The molecule has 2 rings (SSSR count). The van der Waals surface area contributed by atoms with Gasteiger partial charge in [0.25, 0.3) is 0 Å². The Bertz CT molecular complexity index is 363. The van der Waals surface area contributed by atoms with E-state index in [1.54, 1.807) is 0 Å². The van der Waals surface area contributed by atoms with Gasteiger partial charge in [0.05, 0.1) is 0 Å². The summed E-state index contributed by atoms with van der Waals surface area (Å²) in [5.74, 6) is 2.57. The van der Waals surface area contributed by atoms with E-state index in [2.05, 4.69) is 53.1 Å². The molecule has 0 aliphatic carbocycles. The maximum Gasteiger partial charge on any atom is 0.244 e. The molecule has 18 heavy (non-hydrogen) atoms. The van der Waals surface area contributed by atoms with Gasteiger partial charge in [-0.15, -0.1) is 5.10 Å². The molecule has 1 aromatic rings. The fourth-order valence-electron chi connectivity index (χ4n) is 2.45. The Hall–Kier alpha value is -1.10. The van der Waals surface area contributed by atoms with Gasteiger partial charge in [-0.1, -0.05) is 13.8 Å². The number of hydrogen-bond acceptors (Lipinski definition) is 4. The summed E-state index contributed by atoms with van der Waals surface area (Å²) in [6.07, 6.45) is 2.14. The van der Waals surface area contributed by atoms with Crippen molar-refractivity contribution < 1.29 is 0 Å². The number of hydrogen-bond donors (Lipinski definition) is 2. The Morgan fingerprint density at radius 3 is 2.56 bits per heavy atom. The zero-order valence-corrected chi connectivity index (χ0v) is 11.9. The number of rotatable bonds is 4. The lowest BCUT2D eigenvalue weighted by Gasteiger charge is -2.35. The molecule has 2 unspecified atom stereocenters. The van der Waals surface area contributed by atoms with E-state index in [1.807, 2.05) is 0 Å². The van der Waals surface area contributed by atoms with Crippen LogP contribution in [0, 0.1) is 5.92 Å². The molecule has 0 aromatic carbocycles. The molecule has 0 radical (unpaired) electrons. The summed E-state index contributed by atoms with van der Waals surface area (Å²) in [6.45, 7) is 10.8. The fourth-order valence-corrected chi connectivity index (χ4v) is 2.45. The van der Waals surface area contributed by atoms with Crippen LogP contribution < -0.4 is 10.2 Å². The minimum Gasteiger partial charge on any atom is -0.336 e. The third-order valence-electron chi connectivity index (χ3n) is 3.32. The van der Waals surface area contributed by atoms with Crippen molar-refractivity contribution in [3.63, 3.8) is 0 Å². The average molecular weight is 251 g/mol. The van der Waals surface area contributed by atoms with Gasteiger partial charge in [-0.05, 0) is 26.2 Å². The van der Waals surface area contributed by atoms with Crippen molar-refractivity contribution in [3.8, 4) is 0 Å². The van der Waals surface area contributed by atoms with E-state index < -0.39 is 0 Å². The average Bonchev–Trinajstić information content (AvgIpc) is 2.73. The molecule has 2 atom stereocenters. The van der Waals surface area contributed by atoms with E-state index in [4.69, 9.17) is 0 Å². The first-order chi connectivity index (χ1) is 8.54. The Balaban J connectivity index is 1.96. The highest BCUT2D eigenvalue weighted by molar-refractivity contribution is 5.30. The zero-order valence-electron chi connectivity index (χ0n) is 11.9. The molecule has 2 N–H and O–H groups in total. The number of nitrogens with one attached hydrogen (secondary N) is 2. The molecule has 1 aliphatic rings. The summed E-state index contributed by atoms with van der Waals surface area (Å²) in [5.41, 5.74) is 0. The van der Waals surface area contributed by atoms with Crippen molar-refractivity contribution >= 4 is 5.95 Å². The SMILES string of the molecule is CC(C)CCc1nc(N2CC(C)NC(C)C2)n[nH]1. The van der Waals surface area contributed by atoms with Crippen LogP contribution >= 0.6 is 0 Å². The molecule has 0 saturated carbocycles. The van der Waals surface area contributed by atoms with Gasteiger partial charge < -0.3 is 10.2 Å². The molecule has 5 heteroatoms. The number of aromatic nitrogens is 3. The Morgan fingerprint density at radius 1 is 1.28 bits per heavy atom. The van der Waals surface area contributed by atoms with Crippen LogP contribution in [0.2, 0.25) is 0 Å². The van der Waals surface area contributed by atoms with Crippen molar-refractivity contribution in [2.45, 2.75) is 52.6 Å². The van der Waals surface area contributed by atoms with Crippen LogP contribution in [0.25, 0.3) is 0 Å². The molecule has 1 aromatic heterocycles. The second-order valence-electron chi connectivity index (χ2n) is 5.89. The summed E-state index contributed by atoms with van der Waals surface area (Å²) in [5, 5.41) is 10.9. The third kappa shape index (κ3) is 3.45. The first-order valence-electron chi connectivity index (χ1n) is 6.97. The first-order valence-corrected chi connectivity index (χ1v) is 6.97. The monoisotopic (exact) mass is 251 g/mol. The Kier molecular flexibility index (Phi) is 4.22. The number of aryl methyl sites for hydroxylation is 1. The summed E-state index contributed by atoms with van der Waals surface area (Å²) in [7, 11) is 0. The van der Waals surface area contributed by atoms with Crippen molar-refractivity contribution in [1.82, 2.24) is 20.5 Å². The number of aromatic amines is 1. The minimum absolute atomic E-state index is 0.492. The van der Waals surface area contributed by atoms with E-state index in [-0.39, 0.29) is 0 Å². The third-order valence-corrected chi connectivity index (χ3v) is 3.32. The number of nitrogens with zero attached hydrogens (tertiary/aromatic N) is 3. The number of H-pyrrole nitrogens is 1. The second-order valence-corrected chi connectivity index (χ2v) is 5.89. The Morgan fingerprint density at radius 2 is 1.94 bits per heavy atom. The van der Waals surface area contributed by atoms with Gasteiger partial charge in [0, 0.05) is 31.6 Å². The lowest BCUT2D eigenvalue weighted by atomic mass is 10.1. The van der Waals surface area contributed by atoms with Crippen molar-refractivity contribution in [2.24, 2.45) is 5.92 Å². The fraction of sp³-hybridized carbons (Fsp3) is 0.846. The van der Waals surface area contributed by atoms with Crippen molar-refractivity contribution in [1.29, 1.82) is 0 Å². The van der Waals surface area contributed by atoms with Crippen LogP contribution in [0.1, 0.15) is 39.9 Å². The normalized spacial score (nSPS) is 24.8. The zero-order chi connectivity index (χ0) is 13.1.